The average molecular weight is 362 g/mol. The zero-order chi connectivity index (χ0) is 17.5. The minimum Gasteiger partial charge on any atom is -0.306 e. The number of nitriles is 1. The molecule has 0 unspecified atom stereocenters. The molecule has 0 spiro atoms. The molecular weight excluding hydrogens is 354 g/mol. The van der Waals surface area contributed by atoms with Gasteiger partial charge in [-0.25, -0.2) is 13.2 Å². The second-order valence-corrected chi connectivity index (χ2v) is 7.06. The van der Waals surface area contributed by atoms with Gasteiger partial charge in [0.15, 0.2) is 0 Å². The molecule has 1 aromatic heterocycles. The maximum absolute atomic E-state index is 12.7. The third-order valence-electron chi connectivity index (χ3n) is 3.32. The summed E-state index contributed by atoms with van der Waals surface area (Å²) in [5.41, 5.74) is -1.88. The number of nitrogens with one attached hydrogen (secondary N) is 1. The Morgan fingerprint density at radius 2 is 1.88 bits per heavy atom. The van der Waals surface area contributed by atoms with Crippen LogP contribution in [0.5, 0.6) is 0 Å². The predicted octanol–water partition coefficient (Wildman–Crippen LogP) is 1.45. The lowest BCUT2D eigenvalue weighted by atomic mass is 10.2. The zero-order valence-corrected chi connectivity index (χ0v) is 13.4. The van der Waals surface area contributed by atoms with Crippen LogP contribution in [-0.2, 0) is 10.0 Å². The molecule has 0 aliphatic heterocycles. The lowest BCUT2D eigenvalue weighted by molar-refractivity contribution is 0.582. The van der Waals surface area contributed by atoms with Crippen LogP contribution in [0.4, 0.5) is 0 Å². The number of aromatic nitrogens is 2. The van der Waals surface area contributed by atoms with Crippen molar-refractivity contribution in [2.75, 3.05) is 0 Å². The molecule has 0 bridgehead atoms. The Labute approximate surface area is 140 Å². The first kappa shape index (κ1) is 16.0. The molecule has 7 nitrogen and oxygen atoms in total. The van der Waals surface area contributed by atoms with Gasteiger partial charge < -0.3 is 4.98 Å². The van der Waals surface area contributed by atoms with Crippen LogP contribution in [0.25, 0.3) is 10.9 Å². The van der Waals surface area contributed by atoms with Gasteiger partial charge in [0, 0.05) is 5.02 Å². The van der Waals surface area contributed by atoms with Crippen LogP contribution in [0.15, 0.2) is 56.9 Å². The predicted molar refractivity (Wildman–Crippen MR) is 87.6 cm³/mol. The molecule has 0 atom stereocenters. The van der Waals surface area contributed by atoms with Crippen LogP contribution in [0.2, 0.25) is 5.02 Å². The molecule has 24 heavy (non-hydrogen) atoms. The van der Waals surface area contributed by atoms with E-state index >= 15 is 0 Å². The van der Waals surface area contributed by atoms with Crippen LogP contribution in [-0.4, -0.2) is 17.4 Å². The van der Waals surface area contributed by atoms with E-state index in [0.717, 1.165) is 6.07 Å². The minimum absolute atomic E-state index is 0.000914. The van der Waals surface area contributed by atoms with E-state index in [1.165, 1.54) is 36.4 Å². The van der Waals surface area contributed by atoms with E-state index in [1.54, 1.807) is 6.07 Å². The second-order valence-electron chi connectivity index (χ2n) is 4.83. The summed E-state index contributed by atoms with van der Waals surface area (Å²) in [6.45, 7) is 0. The lowest BCUT2D eigenvalue weighted by Gasteiger charge is -2.08. The van der Waals surface area contributed by atoms with Crippen molar-refractivity contribution in [3.63, 3.8) is 0 Å². The number of halogens is 1. The summed E-state index contributed by atoms with van der Waals surface area (Å²) in [6, 6.07) is 11.0. The number of benzene rings is 2. The van der Waals surface area contributed by atoms with Crippen molar-refractivity contribution in [2.24, 2.45) is 0 Å². The number of hydrogen-bond donors (Lipinski definition) is 1. The van der Waals surface area contributed by atoms with Crippen LogP contribution < -0.4 is 11.2 Å². The van der Waals surface area contributed by atoms with Crippen LogP contribution in [0, 0.1) is 11.3 Å². The zero-order valence-electron chi connectivity index (χ0n) is 11.9. The summed E-state index contributed by atoms with van der Waals surface area (Å²) in [7, 11) is -4.46. The fraction of sp³-hybridized carbons (Fsp3) is 0. The largest absolute Gasteiger partial charge is 0.343 e. The Kier molecular flexibility index (Phi) is 3.75. The van der Waals surface area contributed by atoms with Gasteiger partial charge in [0.05, 0.1) is 27.4 Å². The van der Waals surface area contributed by atoms with Crippen LogP contribution in [0.1, 0.15) is 5.56 Å². The van der Waals surface area contributed by atoms with Gasteiger partial charge in [0.2, 0.25) is 0 Å². The van der Waals surface area contributed by atoms with Crippen molar-refractivity contribution in [1.82, 2.24) is 8.96 Å². The van der Waals surface area contributed by atoms with Crippen molar-refractivity contribution in [3.05, 3.63) is 73.9 Å². The maximum Gasteiger partial charge on any atom is 0.343 e. The van der Waals surface area contributed by atoms with Gasteiger partial charge in [0.25, 0.3) is 15.6 Å². The molecule has 0 saturated carbocycles. The van der Waals surface area contributed by atoms with Crippen molar-refractivity contribution >= 4 is 32.5 Å². The molecule has 0 fully saturated rings. The second kappa shape index (κ2) is 5.63. The van der Waals surface area contributed by atoms with E-state index in [0.29, 0.717) is 5.02 Å². The molecule has 3 aromatic rings. The molecule has 0 radical (unpaired) electrons. The first-order valence-corrected chi connectivity index (χ1v) is 8.37. The summed E-state index contributed by atoms with van der Waals surface area (Å²) < 4.78 is 25.5. The number of rotatable bonds is 2. The van der Waals surface area contributed by atoms with Gasteiger partial charge in [0.1, 0.15) is 0 Å². The maximum atomic E-state index is 12.7. The van der Waals surface area contributed by atoms with Gasteiger partial charge in [-0.3, -0.25) is 4.79 Å². The van der Waals surface area contributed by atoms with E-state index in [-0.39, 0.29) is 25.3 Å². The number of fused-ring (bicyclic) bond motifs is 1. The first-order valence-electron chi connectivity index (χ1n) is 6.55. The topological polar surface area (TPSA) is 113 Å². The summed E-state index contributed by atoms with van der Waals surface area (Å²) in [5, 5.41) is 9.17. The van der Waals surface area contributed by atoms with Gasteiger partial charge in [-0.05, 0) is 36.4 Å². The van der Waals surface area contributed by atoms with Crippen molar-refractivity contribution in [3.8, 4) is 6.07 Å². The average Bonchev–Trinajstić information content (AvgIpc) is 2.54. The normalized spacial score (nSPS) is 11.3. The molecule has 1 heterocycles. The van der Waals surface area contributed by atoms with E-state index in [2.05, 4.69) is 4.98 Å². The Morgan fingerprint density at radius 1 is 1.12 bits per heavy atom. The molecule has 3 rings (SSSR count). The molecule has 2 aromatic carbocycles. The van der Waals surface area contributed by atoms with Gasteiger partial charge in [-0.15, -0.1) is 3.97 Å². The molecule has 0 aliphatic carbocycles. The highest BCUT2D eigenvalue weighted by Gasteiger charge is 2.23. The summed E-state index contributed by atoms with van der Waals surface area (Å²) in [4.78, 5) is 26.6. The van der Waals surface area contributed by atoms with Crippen molar-refractivity contribution in [1.29, 1.82) is 5.26 Å². The van der Waals surface area contributed by atoms with E-state index in [1.807, 2.05) is 0 Å². The number of aromatic amines is 1. The highest BCUT2D eigenvalue weighted by Crippen LogP contribution is 2.16. The quantitative estimate of drug-likeness (QED) is 0.742. The monoisotopic (exact) mass is 361 g/mol. The third-order valence-corrected chi connectivity index (χ3v) is 5.22. The SMILES string of the molecule is N#Cc1cccc(S(=O)(=O)n2c(=O)[nH]c3cc(Cl)ccc3c2=O)c1. The van der Waals surface area contributed by atoms with E-state index < -0.39 is 21.3 Å². The van der Waals surface area contributed by atoms with Crippen molar-refractivity contribution < 1.29 is 8.42 Å². The lowest BCUT2D eigenvalue weighted by Crippen LogP contribution is -2.40. The highest BCUT2D eigenvalue weighted by atomic mass is 35.5. The van der Waals surface area contributed by atoms with Gasteiger partial charge in [-0.1, -0.05) is 17.7 Å². The van der Waals surface area contributed by atoms with Crippen LogP contribution >= 0.6 is 11.6 Å². The number of H-pyrrole nitrogens is 1. The molecule has 9 heteroatoms. The Bertz CT molecular complexity index is 1240. The number of nitrogens with zero attached hydrogens (tertiary/aromatic N) is 2. The van der Waals surface area contributed by atoms with E-state index in [9.17, 15) is 18.0 Å². The molecule has 1 N–H and O–H groups in total. The number of hydrogen-bond acceptors (Lipinski definition) is 5. The summed E-state index contributed by atoms with van der Waals surface area (Å²) in [5.74, 6) is 0. The molecular formula is C15H8ClN3O4S. The molecule has 0 aliphatic rings. The highest BCUT2D eigenvalue weighted by molar-refractivity contribution is 7.90. The standard InChI is InChI=1S/C15H8ClN3O4S/c16-10-4-5-12-13(7-10)18-15(21)19(14(12)20)24(22,23)11-3-1-2-9(6-11)8-17/h1-7H,(H,18,21). The summed E-state index contributed by atoms with van der Waals surface area (Å²) in [6.07, 6.45) is 0. The Balaban J connectivity index is 2.37. The molecule has 0 amide bonds. The fourth-order valence-corrected chi connectivity index (χ4v) is 3.71. The molecule has 120 valence electrons. The first-order chi connectivity index (χ1) is 11.3. The molecule has 0 saturated heterocycles. The van der Waals surface area contributed by atoms with E-state index in [4.69, 9.17) is 16.9 Å². The Hall–Kier alpha value is -2.89. The summed E-state index contributed by atoms with van der Waals surface area (Å²) >= 11 is 5.80. The third kappa shape index (κ3) is 2.50. The fourth-order valence-electron chi connectivity index (χ4n) is 2.22. The smallest absolute Gasteiger partial charge is 0.306 e. The Morgan fingerprint density at radius 3 is 2.58 bits per heavy atom. The minimum atomic E-state index is -4.46. The van der Waals surface area contributed by atoms with Crippen LogP contribution in [0.3, 0.4) is 0 Å². The van der Waals surface area contributed by atoms with Gasteiger partial charge >= 0.3 is 5.69 Å². The van der Waals surface area contributed by atoms with Gasteiger partial charge in [-0.2, -0.15) is 5.26 Å². The van der Waals surface area contributed by atoms with Crippen molar-refractivity contribution in [2.45, 2.75) is 4.90 Å².